The minimum atomic E-state index is -0.427. The molecule has 2 aromatic heterocycles. The Bertz CT molecular complexity index is 1080. The number of nitrogens with zero attached hydrogens (tertiary/aromatic N) is 4. The number of aryl methyl sites for hydroxylation is 2. The molecule has 7 nitrogen and oxygen atoms in total. The smallest absolute Gasteiger partial charge is 0.300 e. The first-order valence-corrected chi connectivity index (χ1v) is 8.59. The Balaban J connectivity index is 2.26. The lowest BCUT2D eigenvalue weighted by Gasteiger charge is -2.08. The summed E-state index contributed by atoms with van der Waals surface area (Å²) < 4.78 is 15.1. The average molecular weight is 370 g/mol. The van der Waals surface area contributed by atoms with E-state index >= 15 is 0 Å². The zero-order valence-corrected chi connectivity index (χ0v) is 15.8. The van der Waals surface area contributed by atoms with Crippen LogP contribution in [-0.4, -0.2) is 34.5 Å². The minimum Gasteiger partial charge on any atom is -0.495 e. The van der Waals surface area contributed by atoms with Gasteiger partial charge in [-0.1, -0.05) is 17.3 Å². The van der Waals surface area contributed by atoms with Crippen molar-refractivity contribution in [3.63, 3.8) is 0 Å². The molecule has 3 aromatic rings. The SMILES string of the molecule is C#CCn1c(=NC(=O)c2cc(C)n(C)n2)sc2c(OC)ccc(OC)c21. The Morgan fingerprint density at radius 3 is 2.62 bits per heavy atom. The van der Waals surface area contributed by atoms with E-state index in [0.29, 0.717) is 16.3 Å². The van der Waals surface area contributed by atoms with Crippen molar-refractivity contribution in [2.75, 3.05) is 14.2 Å². The maximum Gasteiger partial charge on any atom is 0.300 e. The Morgan fingerprint density at radius 1 is 1.35 bits per heavy atom. The average Bonchev–Trinajstić information content (AvgIpc) is 3.15. The van der Waals surface area contributed by atoms with Crippen LogP contribution in [0.5, 0.6) is 11.5 Å². The van der Waals surface area contributed by atoms with Gasteiger partial charge in [-0.05, 0) is 25.1 Å². The molecule has 0 spiro atoms. The van der Waals surface area contributed by atoms with Gasteiger partial charge in [0.1, 0.15) is 21.7 Å². The largest absolute Gasteiger partial charge is 0.495 e. The topological polar surface area (TPSA) is 70.6 Å². The molecular formula is C18H18N4O3S. The lowest BCUT2D eigenvalue weighted by atomic mass is 10.3. The van der Waals surface area contributed by atoms with Gasteiger partial charge in [-0.25, -0.2) is 0 Å². The highest BCUT2D eigenvalue weighted by atomic mass is 32.1. The third kappa shape index (κ3) is 2.97. The van der Waals surface area contributed by atoms with Crippen molar-refractivity contribution in [3.8, 4) is 23.8 Å². The van der Waals surface area contributed by atoms with E-state index in [1.165, 1.54) is 11.3 Å². The number of ether oxygens (including phenoxy) is 2. The number of methoxy groups -OCH3 is 2. The highest BCUT2D eigenvalue weighted by molar-refractivity contribution is 7.16. The third-order valence-electron chi connectivity index (χ3n) is 3.97. The summed E-state index contributed by atoms with van der Waals surface area (Å²) in [4.78, 5) is 17.3. The number of carbonyl (C=O) groups excluding carboxylic acids is 1. The second-order valence-corrected chi connectivity index (χ2v) is 6.51. The van der Waals surface area contributed by atoms with E-state index in [2.05, 4.69) is 16.0 Å². The number of carbonyl (C=O) groups is 1. The predicted molar refractivity (Wildman–Crippen MR) is 99.6 cm³/mol. The summed E-state index contributed by atoms with van der Waals surface area (Å²) in [6, 6.07) is 5.31. The molecule has 8 heteroatoms. The lowest BCUT2D eigenvalue weighted by Crippen LogP contribution is -2.17. The van der Waals surface area contributed by atoms with Crippen LogP contribution in [0.1, 0.15) is 16.2 Å². The number of terminal acetylenes is 1. The van der Waals surface area contributed by atoms with Crippen molar-refractivity contribution < 1.29 is 14.3 Å². The van der Waals surface area contributed by atoms with Crippen molar-refractivity contribution in [2.24, 2.45) is 12.0 Å². The fraction of sp³-hybridized carbons (Fsp3) is 0.278. The third-order valence-corrected chi connectivity index (χ3v) is 5.06. The van der Waals surface area contributed by atoms with Crippen molar-refractivity contribution >= 4 is 27.5 Å². The molecule has 0 saturated carbocycles. The molecule has 3 rings (SSSR count). The van der Waals surface area contributed by atoms with Gasteiger partial charge in [0.15, 0.2) is 10.5 Å². The molecule has 0 radical (unpaired) electrons. The number of hydrogen-bond donors (Lipinski definition) is 0. The standard InChI is InChI=1S/C18H18N4O3S/c1-6-9-22-15-13(24-4)7-8-14(25-5)16(15)26-18(22)19-17(23)12-10-11(2)21(3)20-12/h1,7-8,10H,9H2,2-5H3. The van der Waals surface area contributed by atoms with Crippen molar-refractivity contribution in [1.82, 2.24) is 14.3 Å². The molecule has 26 heavy (non-hydrogen) atoms. The van der Waals surface area contributed by atoms with Gasteiger partial charge in [-0.2, -0.15) is 10.1 Å². The van der Waals surface area contributed by atoms with Crippen molar-refractivity contribution in [1.29, 1.82) is 0 Å². The van der Waals surface area contributed by atoms with Crippen LogP contribution < -0.4 is 14.3 Å². The highest BCUT2D eigenvalue weighted by Gasteiger charge is 2.17. The van der Waals surface area contributed by atoms with Gasteiger partial charge in [0.05, 0.1) is 20.8 Å². The van der Waals surface area contributed by atoms with Crippen molar-refractivity contribution in [3.05, 3.63) is 34.4 Å². The molecule has 2 heterocycles. The summed E-state index contributed by atoms with van der Waals surface area (Å²) in [5, 5.41) is 4.18. The number of rotatable bonds is 4. The summed E-state index contributed by atoms with van der Waals surface area (Å²) in [6.45, 7) is 2.12. The Kier molecular flexibility index (Phi) is 4.82. The first-order chi connectivity index (χ1) is 12.5. The molecule has 0 aliphatic carbocycles. The zero-order valence-electron chi connectivity index (χ0n) is 14.9. The summed E-state index contributed by atoms with van der Waals surface area (Å²) in [5.74, 6) is 3.47. The van der Waals surface area contributed by atoms with E-state index in [1.807, 2.05) is 13.0 Å². The van der Waals surface area contributed by atoms with E-state index in [-0.39, 0.29) is 12.2 Å². The fourth-order valence-corrected chi connectivity index (χ4v) is 3.72. The van der Waals surface area contributed by atoms with Crippen LogP contribution in [0.4, 0.5) is 0 Å². The maximum absolute atomic E-state index is 12.6. The van der Waals surface area contributed by atoms with Crippen LogP contribution in [0.2, 0.25) is 0 Å². The summed E-state index contributed by atoms with van der Waals surface area (Å²) >= 11 is 1.32. The Hall–Kier alpha value is -3.05. The van der Waals surface area contributed by atoms with E-state index < -0.39 is 5.91 Å². The lowest BCUT2D eigenvalue weighted by molar-refractivity contribution is 0.0992. The molecule has 134 valence electrons. The highest BCUT2D eigenvalue weighted by Crippen LogP contribution is 2.35. The molecule has 0 fully saturated rings. The molecule has 1 aromatic carbocycles. The molecule has 0 atom stereocenters. The Morgan fingerprint density at radius 2 is 2.04 bits per heavy atom. The maximum atomic E-state index is 12.6. The van der Waals surface area contributed by atoms with Crippen LogP contribution in [-0.2, 0) is 13.6 Å². The zero-order chi connectivity index (χ0) is 18.8. The van der Waals surface area contributed by atoms with E-state index in [9.17, 15) is 4.79 Å². The van der Waals surface area contributed by atoms with Crippen molar-refractivity contribution in [2.45, 2.75) is 13.5 Å². The summed E-state index contributed by atoms with van der Waals surface area (Å²) in [6.07, 6.45) is 5.53. The van der Waals surface area contributed by atoms with Gasteiger partial charge < -0.3 is 14.0 Å². The number of thiazole rings is 1. The molecule has 0 bridgehead atoms. The molecule has 1 amide bonds. The minimum absolute atomic E-state index is 0.247. The second-order valence-electron chi connectivity index (χ2n) is 5.53. The van der Waals surface area contributed by atoms with E-state index in [1.54, 1.807) is 42.6 Å². The van der Waals surface area contributed by atoms with Crippen LogP contribution in [0.25, 0.3) is 10.2 Å². The predicted octanol–water partition coefficient (Wildman–Crippen LogP) is 2.14. The first-order valence-electron chi connectivity index (χ1n) is 7.77. The van der Waals surface area contributed by atoms with Crippen LogP contribution >= 0.6 is 11.3 Å². The van der Waals surface area contributed by atoms with Gasteiger partial charge in [0.2, 0.25) is 0 Å². The molecule has 0 unspecified atom stereocenters. The van der Waals surface area contributed by atoms with E-state index in [0.717, 1.165) is 15.9 Å². The van der Waals surface area contributed by atoms with E-state index in [4.69, 9.17) is 15.9 Å². The van der Waals surface area contributed by atoms with Crippen LogP contribution in [0.3, 0.4) is 0 Å². The second kappa shape index (κ2) is 7.06. The number of aromatic nitrogens is 3. The normalized spacial score (nSPS) is 11.6. The molecule has 0 N–H and O–H groups in total. The van der Waals surface area contributed by atoms with Gasteiger partial charge >= 0.3 is 0 Å². The van der Waals surface area contributed by atoms with Gasteiger partial charge in [0.25, 0.3) is 5.91 Å². The van der Waals surface area contributed by atoms with Gasteiger partial charge in [-0.15, -0.1) is 6.42 Å². The number of fused-ring (bicyclic) bond motifs is 1. The quantitative estimate of drug-likeness (QED) is 0.660. The first kappa shape index (κ1) is 17.8. The molecule has 0 saturated heterocycles. The number of amides is 1. The Labute approximate surface area is 154 Å². The van der Waals surface area contributed by atoms with Crippen LogP contribution in [0, 0.1) is 19.3 Å². The number of hydrogen-bond acceptors (Lipinski definition) is 5. The summed E-state index contributed by atoms with van der Waals surface area (Å²) in [5.41, 5.74) is 1.91. The van der Waals surface area contributed by atoms with Gasteiger partial charge in [0, 0.05) is 12.7 Å². The fourth-order valence-electron chi connectivity index (χ4n) is 2.59. The molecular weight excluding hydrogens is 352 g/mol. The molecule has 0 aliphatic heterocycles. The summed E-state index contributed by atoms with van der Waals surface area (Å²) in [7, 11) is 4.95. The van der Waals surface area contributed by atoms with Gasteiger partial charge in [-0.3, -0.25) is 9.48 Å². The monoisotopic (exact) mass is 370 g/mol. The van der Waals surface area contributed by atoms with Crippen LogP contribution in [0.15, 0.2) is 23.2 Å². The molecule has 0 aliphatic rings. The number of benzene rings is 1.